The van der Waals surface area contributed by atoms with Crippen LogP contribution in [0.4, 0.5) is 5.69 Å². The van der Waals surface area contributed by atoms with Gasteiger partial charge in [0.25, 0.3) is 5.69 Å². The molecule has 102 valence electrons. The Bertz CT molecular complexity index is 575. The molecule has 0 radical (unpaired) electrons. The Balaban J connectivity index is 2.44. The third kappa shape index (κ3) is 2.62. The normalized spacial score (nSPS) is 12.7. The van der Waals surface area contributed by atoms with Crippen molar-refractivity contribution in [1.82, 2.24) is 4.98 Å². The molecule has 0 aliphatic heterocycles. The van der Waals surface area contributed by atoms with Crippen LogP contribution < -0.4 is 0 Å². The van der Waals surface area contributed by atoms with E-state index in [0.29, 0.717) is 11.4 Å². The van der Waals surface area contributed by atoms with Gasteiger partial charge in [-0.2, -0.15) is 0 Å². The smallest absolute Gasteiger partial charge is 0.293 e. The van der Waals surface area contributed by atoms with Crippen molar-refractivity contribution in [3.63, 3.8) is 0 Å². The number of nitrogens with one attached hydrogen (secondary N) is 1. The molecular weight excluding hydrogens is 240 g/mol. The van der Waals surface area contributed by atoms with E-state index in [1.165, 1.54) is 18.4 Å². The molecule has 0 spiro atoms. The lowest BCUT2D eigenvalue weighted by Gasteiger charge is -2.13. The lowest BCUT2D eigenvalue weighted by Crippen LogP contribution is -1.96. The molecule has 1 heterocycles. The summed E-state index contributed by atoms with van der Waals surface area (Å²) in [5.41, 5.74) is 2.03. The van der Waals surface area contributed by atoms with Gasteiger partial charge in [0.1, 0.15) is 5.52 Å². The number of non-ortho nitro benzene ring substituents is 1. The number of aromatic nitrogens is 1. The minimum atomic E-state index is -0.324. The zero-order valence-corrected chi connectivity index (χ0v) is 11.5. The topological polar surface area (TPSA) is 58.9 Å². The maximum absolute atomic E-state index is 11.0. The van der Waals surface area contributed by atoms with Crippen LogP contribution in [0.5, 0.6) is 0 Å². The van der Waals surface area contributed by atoms with Gasteiger partial charge in [0.05, 0.1) is 4.92 Å². The Morgan fingerprint density at radius 3 is 2.79 bits per heavy atom. The van der Waals surface area contributed by atoms with Crippen LogP contribution >= 0.6 is 0 Å². The highest BCUT2D eigenvalue weighted by molar-refractivity contribution is 5.90. The second-order valence-corrected chi connectivity index (χ2v) is 4.95. The first-order valence-electron chi connectivity index (χ1n) is 6.93. The van der Waals surface area contributed by atoms with E-state index < -0.39 is 0 Å². The molecule has 1 atom stereocenters. The summed E-state index contributed by atoms with van der Waals surface area (Å²) in [5, 5.41) is 12.0. The summed E-state index contributed by atoms with van der Waals surface area (Å²) in [7, 11) is 0. The van der Waals surface area contributed by atoms with Crippen molar-refractivity contribution in [1.29, 1.82) is 0 Å². The number of nitro benzene ring substituents is 1. The minimum absolute atomic E-state index is 0.161. The summed E-state index contributed by atoms with van der Waals surface area (Å²) < 4.78 is 0. The van der Waals surface area contributed by atoms with Crippen LogP contribution in [0.2, 0.25) is 0 Å². The van der Waals surface area contributed by atoms with E-state index in [4.69, 9.17) is 0 Å². The highest BCUT2D eigenvalue weighted by atomic mass is 16.6. The fourth-order valence-electron chi connectivity index (χ4n) is 2.68. The summed E-state index contributed by atoms with van der Waals surface area (Å²) in [5.74, 6) is 0.482. The minimum Gasteiger partial charge on any atom is -0.355 e. The molecular formula is C15H20N2O2. The number of fused-ring (bicyclic) bond motifs is 1. The summed E-state index contributed by atoms with van der Waals surface area (Å²) in [4.78, 5) is 13.8. The molecule has 4 heteroatoms. The van der Waals surface area contributed by atoms with E-state index in [0.717, 1.165) is 18.2 Å². The van der Waals surface area contributed by atoms with Gasteiger partial charge in [0.15, 0.2) is 0 Å². The Labute approximate surface area is 113 Å². The quantitative estimate of drug-likeness (QED) is 0.601. The fourth-order valence-corrected chi connectivity index (χ4v) is 2.68. The van der Waals surface area contributed by atoms with Gasteiger partial charge in [-0.3, -0.25) is 10.1 Å². The molecule has 0 bridgehead atoms. The second-order valence-electron chi connectivity index (χ2n) is 4.95. The van der Waals surface area contributed by atoms with E-state index in [9.17, 15) is 10.1 Å². The van der Waals surface area contributed by atoms with Gasteiger partial charge in [-0.1, -0.05) is 38.8 Å². The summed E-state index contributed by atoms with van der Waals surface area (Å²) in [6.07, 6.45) is 6.53. The maximum Gasteiger partial charge on any atom is 0.293 e. The van der Waals surface area contributed by atoms with E-state index >= 15 is 0 Å². The Morgan fingerprint density at radius 1 is 1.37 bits per heavy atom. The molecule has 1 unspecified atom stereocenters. The third-order valence-corrected chi connectivity index (χ3v) is 3.76. The van der Waals surface area contributed by atoms with Crippen LogP contribution in [0.25, 0.3) is 10.9 Å². The van der Waals surface area contributed by atoms with Gasteiger partial charge < -0.3 is 4.98 Å². The van der Waals surface area contributed by atoms with Gasteiger partial charge in [0, 0.05) is 17.6 Å². The number of nitro groups is 1. The SMILES string of the molecule is CCCCC(CC)c1c[nH]c2c([N+](=O)[O-])cccc12. The van der Waals surface area contributed by atoms with Crippen molar-refractivity contribution in [2.24, 2.45) is 0 Å². The number of hydrogen-bond donors (Lipinski definition) is 1. The first kappa shape index (κ1) is 13.6. The van der Waals surface area contributed by atoms with Crippen LogP contribution in [0.3, 0.4) is 0 Å². The van der Waals surface area contributed by atoms with Crippen molar-refractivity contribution in [2.75, 3.05) is 0 Å². The van der Waals surface area contributed by atoms with Crippen LogP contribution in [0.1, 0.15) is 51.0 Å². The molecule has 19 heavy (non-hydrogen) atoms. The number of H-pyrrole nitrogens is 1. The second kappa shape index (κ2) is 5.87. The number of nitrogens with zero attached hydrogens (tertiary/aromatic N) is 1. The zero-order valence-electron chi connectivity index (χ0n) is 11.5. The van der Waals surface area contributed by atoms with Crippen LogP contribution in [-0.4, -0.2) is 9.91 Å². The number of para-hydroxylation sites is 1. The standard InChI is InChI=1S/C15H20N2O2/c1-3-5-7-11(4-2)13-10-16-15-12(13)8-6-9-14(15)17(18)19/h6,8-11,16H,3-5,7H2,1-2H3. The predicted octanol–water partition coefficient (Wildman–Crippen LogP) is 4.76. The summed E-state index contributed by atoms with van der Waals surface area (Å²) in [6, 6.07) is 5.29. The van der Waals surface area contributed by atoms with Crippen LogP contribution in [0.15, 0.2) is 24.4 Å². The summed E-state index contributed by atoms with van der Waals surface area (Å²) in [6.45, 7) is 4.36. The Morgan fingerprint density at radius 2 is 2.16 bits per heavy atom. The van der Waals surface area contributed by atoms with Crippen molar-refractivity contribution >= 4 is 16.6 Å². The van der Waals surface area contributed by atoms with Gasteiger partial charge in [-0.15, -0.1) is 0 Å². The molecule has 0 saturated heterocycles. The van der Waals surface area contributed by atoms with E-state index in [2.05, 4.69) is 18.8 Å². The molecule has 1 aromatic carbocycles. The van der Waals surface area contributed by atoms with Gasteiger partial charge in [-0.25, -0.2) is 0 Å². The van der Waals surface area contributed by atoms with Gasteiger partial charge in [-0.05, 0) is 24.3 Å². The maximum atomic E-state index is 11.0. The number of hydrogen-bond acceptors (Lipinski definition) is 2. The number of aromatic amines is 1. The average Bonchev–Trinajstić information content (AvgIpc) is 2.83. The molecule has 0 aliphatic rings. The van der Waals surface area contributed by atoms with Crippen LogP contribution in [-0.2, 0) is 0 Å². The summed E-state index contributed by atoms with van der Waals surface area (Å²) >= 11 is 0. The predicted molar refractivity (Wildman–Crippen MR) is 77.5 cm³/mol. The van der Waals surface area contributed by atoms with E-state index in [1.54, 1.807) is 12.1 Å². The van der Waals surface area contributed by atoms with E-state index in [1.807, 2.05) is 12.3 Å². The zero-order chi connectivity index (χ0) is 13.8. The third-order valence-electron chi connectivity index (χ3n) is 3.76. The van der Waals surface area contributed by atoms with Crippen molar-refractivity contribution < 1.29 is 4.92 Å². The monoisotopic (exact) mass is 260 g/mol. The Hall–Kier alpha value is -1.84. The number of benzene rings is 1. The molecule has 0 amide bonds. The average molecular weight is 260 g/mol. The molecule has 0 saturated carbocycles. The Kier molecular flexibility index (Phi) is 4.20. The molecule has 1 N–H and O–H groups in total. The fraction of sp³-hybridized carbons (Fsp3) is 0.467. The molecule has 2 aromatic rings. The lowest BCUT2D eigenvalue weighted by molar-refractivity contribution is -0.383. The molecule has 2 rings (SSSR count). The number of rotatable bonds is 6. The van der Waals surface area contributed by atoms with Gasteiger partial charge in [0.2, 0.25) is 0 Å². The molecule has 1 aromatic heterocycles. The van der Waals surface area contributed by atoms with Crippen molar-refractivity contribution in [2.45, 2.75) is 45.4 Å². The molecule has 0 fully saturated rings. The van der Waals surface area contributed by atoms with Crippen molar-refractivity contribution in [3.8, 4) is 0 Å². The van der Waals surface area contributed by atoms with Gasteiger partial charge >= 0.3 is 0 Å². The molecule has 0 aliphatic carbocycles. The van der Waals surface area contributed by atoms with E-state index in [-0.39, 0.29) is 10.6 Å². The first-order chi connectivity index (χ1) is 9.19. The highest BCUT2D eigenvalue weighted by Crippen LogP contribution is 2.34. The number of unbranched alkanes of at least 4 members (excludes halogenated alkanes) is 1. The molecule has 4 nitrogen and oxygen atoms in total. The largest absolute Gasteiger partial charge is 0.355 e. The highest BCUT2D eigenvalue weighted by Gasteiger charge is 2.19. The van der Waals surface area contributed by atoms with Crippen LogP contribution in [0, 0.1) is 10.1 Å². The lowest BCUT2D eigenvalue weighted by atomic mass is 9.91. The van der Waals surface area contributed by atoms with Crippen molar-refractivity contribution in [3.05, 3.63) is 40.1 Å². The first-order valence-corrected chi connectivity index (χ1v) is 6.93.